The van der Waals surface area contributed by atoms with Gasteiger partial charge in [0.25, 0.3) is 0 Å². The molecule has 1 atom stereocenters. The second-order valence-corrected chi connectivity index (χ2v) is 5.12. The van der Waals surface area contributed by atoms with Crippen molar-refractivity contribution < 1.29 is 9.50 Å². The van der Waals surface area contributed by atoms with E-state index in [2.05, 4.69) is 20.6 Å². The summed E-state index contributed by atoms with van der Waals surface area (Å²) in [5.74, 6) is 0.00413. The second kappa shape index (κ2) is 8.23. The zero-order valence-corrected chi connectivity index (χ0v) is 13.3. The SMILES string of the molecule is N=C/C(=C\N)Nc1ncc(Cl)c(NC(CO)c2cccc(F)c2)n1. The van der Waals surface area contributed by atoms with Crippen LogP contribution in [-0.4, -0.2) is 27.9 Å². The average molecular weight is 351 g/mol. The number of benzene rings is 1. The average Bonchev–Trinajstić information content (AvgIpc) is 2.59. The van der Waals surface area contributed by atoms with Gasteiger partial charge in [-0.1, -0.05) is 23.7 Å². The van der Waals surface area contributed by atoms with E-state index in [9.17, 15) is 9.50 Å². The first kappa shape index (κ1) is 17.6. The summed E-state index contributed by atoms with van der Waals surface area (Å²) in [6, 6.07) is 5.25. The highest BCUT2D eigenvalue weighted by Crippen LogP contribution is 2.25. The molecular weight excluding hydrogens is 335 g/mol. The molecule has 0 aliphatic heterocycles. The molecule has 0 spiro atoms. The number of halogens is 2. The van der Waals surface area contributed by atoms with Gasteiger partial charge in [-0.3, -0.25) is 0 Å². The van der Waals surface area contributed by atoms with Gasteiger partial charge in [-0.15, -0.1) is 0 Å². The topological polar surface area (TPSA) is 120 Å². The van der Waals surface area contributed by atoms with Gasteiger partial charge in [0.05, 0.1) is 24.5 Å². The van der Waals surface area contributed by atoms with Crippen LogP contribution in [0.2, 0.25) is 5.02 Å². The number of aliphatic hydroxyl groups is 1. The lowest BCUT2D eigenvalue weighted by atomic mass is 10.1. The van der Waals surface area contributed by atoms with Crippen molar-refractivity contribution in [1.29, 1.82) is 5.41 Å². The quantitative estimate of drug-likeness (QED) is 0.489. The molecule has 0 bridgehead atoms. The number of nitrogens with two attached hydrogens (primary N) is 1. The summed E-state index contributed by atoms with van der Waals surface area (Å²) in [5.41, 5.74) is 6.19. The van der Waals surface area contributed by atoms with Crippen LogP contribution in [0.15, 0.2) is 42.4 Å². The molecule has 6 N–H and O–H groups in total. The highest BCUT2D eigenvalue weighted by molar-refractivity contribution is 6.32. The first-order valence-corrected chi connectivity index (χ1v) is 7.30. The van der Waals surface area contributed by atoms with Gasteiger partial charge in [-0.2, -0.15) is 4.98 Å². The molecule has 2 aromatic rings. The van der Waals surface area contributed by atoms with E-state index in [4.69, 9.17) is 22.7 Å². The Hall–Kier alpha value is -2.71. The molecular formula is C15H16ClFN6O. The fraction of sp³-hybridized carbons (Fsp3) is 0.133. The Labute approximate surface area is 142 Å². The largest absolute Gasteiger partial charge is 0.403 e. The maximum Gasteiger partial charge on any atom is 0.229 e. The highest BCUT2D eigenvalue weighted by atomic mass is 35.5. The van der Waals surface area contributed by atoms with E-state index >= 15 is 0 Å². The third-order valence-corrected chi connectivity index (χ3v) is 3.36. The fourth-order valence-electron chi connectivity index (χ4n) is 1.91. The van der Waals surface area contributed by atoms with Gasteiger partial charge in [0.1, 0.15) is 10.8 Å². The summed E-state index contributed by atoms with van der Waals surface area (Å²) >= 11 is 6.07. The minimum atomic E-state index is -0.604. The van der Waals surface area contributed by atoms with Crippen LogP contribution in [0.1, 0.15) is 11.6 Å². The van der Waals surface area contributed by atoms with Gasteiger partial charge < -0.3 is 26.9 Å². The van der Waals surface area contributed by atoms with Gasteiger partial charge in [0, 0.05) is 12.4 Å². The number of allylic oxidation sites excluding steroid dienone is 1. The summed E-state index contributed by atoms with van der Waals surface area (Å²) in [5, 5.41) is 22.7. The third kappa shape index (κ3) is 4.40. The van der Waals surface area contributed by atoms with Crippen molar-refractivity contribution in [2.75, 3.05) is 17.2 Å². The van der Waals surface area contributed by atoms with Gasteiger partial charge >= 0.3 is 0 Å². The molecule has 0 amide bonds. The Morgan fingerprint density at radius 3 is 2.92 bits per heavy atom. The zero-order valence-electron chi connectivity index (χ0n) is 12.5. The van der Waals surface area contributed by atoms with Crippen molar-refractivity contribution >= 4 is 29.6 Å². The molecule has 1 aromatic heterocycles. The number of aromatic nitrogens is 2. The van der Waals surface area contributed by atoms with E-state index in [0.717, 1.165) is 6.21 Å². The molecule has 7 nitrogen and oxygen atoms in total. The summed E-state index contributed by atoms with van der Waals surface area (Å²) in [7, 11) is 0. The minimum Gasteiger partial charge on any atom is -0.403 e. The maximum absolute atomic E-state index is 13.4. The monoisotopic (exact) mass is 350 g/mol. The molecule has 24 heavy (non-hydrogen) atoms. The number of aliphatic hydroxyl groups excluding tert-OH is 1. The standard InChI is InChI=1S/C15H16ClFN6O/c16-12-7-20-15(21-11(5-18)6-19)23-14(12)22-13(8-24)9-2-1-3-10(17)4-9/h1-7,13,18,24H,8,19H2,(H2,20,21,22,23)/b11-6+,18-5?. The van der Waals surface area contributed by atoms with Crippen LogP contribution in [-0.2, 0) is 0 Å². The molecule has 0 saturated heterocycles. The molecule has 1 aromatic carbocycles. The lowest BCUT2D eigenvalue weighted by Gasteiger charge is -2.18. The van der Waals surface area contributed by atoms with Crippen LogP contribution >= 0.6 is 11.6 Å². The summed E-state index contributed by atoms with van der Waals surface area (Å²) < 4.78 is 13.4. The van der Waals surface area contributed by atoms with Crippen molar-refractivity contribution in [2.24, 2.45) is 5.73 Å². The number of nitrogens with one attached hydrogen (secondary N) is 3. The third-order valence-electron chi connectivity index (χ3n) is 3.08. The maximum atomic E-state index is 13.4. The number of anilines is 2. The number of hydrogen-bond donors (Lipinski definition) is 5. The van der Waals surface area contributed by atoms with Crippen LogP contribution in [0.25, 0.3) is 0 Å². The first-order valence-electron chi connectivity index (χ1n) is 6.92. The lowest BCUT2D eigenvalue weighted by Crippen LogP contribution is -2.17. The van der Waals surface area contributed by atoms with Crippen molar-refractivity contribution in [1.82, 2.24) is 9.97 Å². The van der Waals surface area contributed by atoms with Gasteiger partial charge in [-0.05, 0) is 17.7 Å². The summed E-state index contributed by atoms with van der Waals surface area (Å²) in [6.07, 6.45) is 3.56. The Morgan fingerprint density at radius 2 is 2.29 bits per heavy atom. The smallest absolute Gasteiger partial charge is 0.229 e. The Kier molecular flexibility index (Phi) is 6.05. The summed E-state index contributed by atoms with van der Waals surface area (Å²) in [4.78, 5) is 8.15. The van der Waals surface area contributed by atoms with E-state index in [1.165, 1.54) is 24.5 Å². The molecule has 0 aliphatic rings. The Bertz CT molecular complexity index is 754. The van der Waals surface area contributed by atoms with E-state index < -0.39 is 11.9 Å². The first-order chi connectivity index (χ1) is 11.6. The van der Waals surface area contributed by atoms with Gasteiger partial charge in [0.2, 0.25) is 5.95 Å². The minimum absolute atomic E-state index is 0.165. The number of rotatable bonds is 7. The number of hydrogen-bond acceptors (Lipinski definition) is 7. The van der Waals surface area contributed by atoms with Crippen molar-refractivity contribution in [3.8, 4) is 0 Å². The predicted octanol–water partition coefficient (Wildman–Crippen LogP) is 2.28. The highest BCUT2D eigenvalue weighted by Gasteiger charge is 2.15. The van der Waals surface area contributed by atoms with Crippen LogP contribution in [0, 0.1) is 11.2 Å². The molecule has 126 valence electrons. The predicted molar refractivity (Wildman–Crippen MR) is 91.6 cm³/mol. The van der Waals surface area contributed by atoms with E-state index in [1.54, 1.807) is 12.1 Å². The molecule has 0 radical (unpaired) electrons. The molecule has 0 aliphatic carbocycles. The second-order valence-electron chi connectivity index (χ2n) is 4.72. The van der Waals surface area contributed by atoms with E-state index in [0.29, 0.717) is 11.3 Å². The van der Waals surface area contributed by atoms with Crippen molar-refractivity contribution in [3.05, 3.63) is 58.8 Å². The molecule has 1 unspecified atom stereocenters. The van der Waals surface area contributed by atoms with Gasteiger partial charge in [-0.25, -0.2) is 9.37 Å². The van der Waals surface area contributed by atoms with Crippen LogP contribution in [0.5, 0.6) is 0 Å². The molecule has 1 heterocycles. The molecule has 0 fully saturated rings. The van der Waals surface area contributed by atoms with Crippen LogP contribution in [0.3, 0.4) is 0 Å². The van der Waals surface area contributed by atoms with Crippen LogP contribution < -0.4 is 16.4 Å². The van der Waals surface area contributed by atoms with Crippen molar-refractivity contribution in [2.45, 2.75) is 6.04 Å². The Morgan fingerprint density at radius 1 is 1.50 bits per heavy atom. The lowest BCUT2D eigenvalue weighted by molar-refractivity contribution is 0.276. The van der Waals surface area contributed by atoms with E-state index in [-0.39, 0.29) is 23.4 Å². The zero-order chi connectivity index (χ0) is 17.5. The Balaban J connectivity index is 2.25. The molecule has 2 rings (SSSR count). The van der Waals surface area contributed by atoms with Crippen molar-refractivity contribution in [3.63, 3.8) is 0 Å². The fourth-order valence-corrected chi connectivity index (χ4v) is 2.05. The normalized spacial score (nSPS) is 12.5. The van der Waals surface area contributed by atoms with E-state index in [1.807, 2.05) is 0 Å². The number of nitrogens with zero attached hydrogens (tertiary/aromatic N) is 2. The molecule has 9 heteroatoms. The summed E-state index contributed by atoms with van der Waals surface area (Å²) in [6.45, 7) is -0.291. The molecule has 0 saturated carbocycles. The van der Waals surface area contributed by atoms with Gasteiger partial charge in [0.15, 0.2) is 5.82 Å². The van der Waals surface area contributed by atoms with Crippen LogP contribution in [0.4, 0.5) is 16.2 Å².